The van der Waals surface area contributed by atoms with E-state index in [1.54, 1.807) is 35.9 Å². The minimum Gasteiger partial charge on any atom is -0.348 e. The SMILES string of the molecule is O=C(NCc1csc(Br)c1)c1ccncc1. The topological polar surface area (TPSA) is 42.0 Å². The van der Waals surface area contributed by atoms with Crippen LogP contribution in [0.25, 0.3) is 0 Å². The Kier molecular flexibility index (Phi) is 3.69. The van der Waals surface area contributed by atoms with Crippen LogP contribution in [0.2, 0.25) is 0 Å². The summed E-state index contributed by atoms with van der Waals surface area (Å²) in [6, 6.07) is 5.38. The molecule has 2 aromatic rings. The maximum atomic E-state index is 11.7. The van der Waals surface area contributed by atoms with Crippen LogP contribution in [0.1, 0.15) is 15.9 Å². The van der Waals surface area contributed by atoms with Crippen molar-refractivity contribution in [2.45, 2.75) is 6.54 Å². The summed E-state index contributed by atoms with van der Waals surface area (Å²) in [5.74, 6) is -0.0790. The van der Waals surface area contributed by atoms with Gasteiger partial charge in [0.1, 0.15) is 0 Å². The number of halogens is 1. The Morgan fingerprint density at radius 2 is 2.19 bits per heavy atom. The highest BCUT2D eigenvalue weighted by molar-refractivity contribution is 9.11. The van der Waals surface area contributed by atoms with E-state index in [4.69, 9.17) is 0 Å². The molecule has 0 radical (unpaired) electrons. The normalized spacial score (nSPS) is 10.1. The van der Waals surface area contributed by atoms with Crippen LogP contribution in [-0.2, 0) is 6.54 Å². The summed E-state index contributed by atoms with van der Waals surface area (Å²) >= 11 is 4.99. The number of hydrogen-bond donors (Lipinski definition) is 1. The van der Waals surface area contributed by atoms with Crippen LogP contribution in [0.3, 0.4) is 0 Å². The molecule has 0 aromatic carbocycles. The fourth-order valence-corrected chi connectivity index (χ4v) is 2.44. The molecule has 1 amide bonds. The van der Waals surface area contributed by atoms with Crippen LogP contribution in [-0.4, -0.2) is 10.9 Å². The monoisotopic (exact) mass is 296 g/mol. The second kappa shape index (κ2) is 5.23. The zero-order chi connectivity index (χ0) is 11.4. The van der Waals surface area contributed by atoms with Gasteiger partial charge in [0.25, 0.3) is 5.91 Å². The number of carbonyl (C=O) groups excluding carboxylic acids is 1. The largest absolute Gasteiger partial charge is 0.348 e. The number of thiophene rings is 1. The van der Waals surface area contributed by atoms with Crippen molar-refractivity contribution in [2.24, 2.45) is 0 Å². The highest BCUT2D eigenvalue weighted by Gasteiger charge is 2.04. The molecule has 1 N–H and O–H groups in total. The van der Waals surface area contributed by atoms with Gasteiger partial charge in [0.2, 0.25) is 0 Å². The number of nitrogens with one attached hydrogen (secondary N) is 1. The average Bonchev–Trinajstić information content (AvgIpc) is 2.73. The lowest BCUT2D eigenvalue weighted by molar-refractivity contribution is 0.0951. The second-order valence-electron chi connectivity index (χ2n) is 3.18. The fraction of sp³-hybridized carbons (Fsp3) is 0.0909. The molecule has 0 atom stereocenters. The van der Waals surface area contributed by atoms with Gasteiger partial charge in [0, 0.05) is 24.5 Å². The molecule has 0 saturated heterocycles. The number of nitrogens with zero attached hydrogens (tertiary/aromatic N) is 1. The highest BCUT2D eigenvalue weighted by Crippen LogP contribution is 2.20. The summed E-state index contributed by atoms with van der Waals surface area (Å²) in [6.45, 7) is 0.545. The van der Waals surface area contributed by atoms with Gasteiger partial charge in [0.05, 0.1) is 3.79 Å². The first-order chi connectivity index (χ1) is 7.75. The predicted octanol–water partition coefficient (Wildman–Crippen LogP) is 2.84. The molecular weight excluding hydrogens is 288 g/mol. The first kappa shape index (κ1) is 11.3. The molecule has 0 spiro atoms. The highest BCUT2D eigenvalue weighted by atomic mass is 79.9. The van der Waals surface area contributed by atoms with Crippen molar-refractivity contribution in [3.8, 4) is 0 Å². The molecule has 2 rings (SSSR count). The maximum absolute atomic E-state index is 11.7. The summed E-state index contributed by atoms with van der Waals surface area (Å²) in [7, 11) is 0. The van der Waals surface area contributed by atoms with Gasteiger partial charge >= 0.3 is 0 Å². The molecular formula is C11H9BrN2OS. The lowest BCUT2D eigenvalue weighted by Gasteiger charge is -2.02. The van der Waals surface area contributed by atoms with E-state index in [9.17, 15) is 4.79 Å². The molecule has 2 heterocycles. The third-order valence-corrected chi connectivity index (χ3v) is 3.57. The molecule has 3 nitrogen and oxygen atoms in total. The van der Waals surface area contributed by atoms with Crippen molar-refractivity contribution in [3.63, 3.8) is 0 Å². The number of pyridine rings is 1. The van der Waals surface area contributed by atoms with Crippen LogP contribution in [0.5, 0.6) is 0 Å². The van der Waals surface area contributed by atoms with Crippen molar-refractivity contribution in [2.75, 3.05) is 0 Å². The summed E-state index contributed by atoms with van der Waals surface area (Å²) in [6.07, 6.45) is 3.21. The van der Waals surface area contributed by atoms with Crippen LogP contribution in [0.4, 0.5) is 0 Å². The van der Waals surface area contributed by atoms with Crippen LogP contribution in [0, 0.1) is 0 Å². The van der Waals surface area contributed by atoms with Gasteiger partial charge in [0.15, 0.2) is 0 Å². The van der Waals surface area contributed by atoms with Crippen LogP contribution in [0.15, 0.2) is 39.8 Å². The van der Waals surface area contributed by atoms with Crippen LogP contribution >= 0.6 is 27.3 Å². The summed E-state index contributed by atoms with van der Waals surface area (Å²) in [5.41, 5.74) is 1.73. The Labute approximate surface area is 106 Å². The Morgan fingerprint density at radius 3 is 2.81 bits per heavy atom. The molecule has 2 aromatic heterocycles. The third-order valence-electron chi connectivity index (χ3n) is 2.02. The van der Waals surface area contributed by atoms with Gasteiger partial charge in [-0.2, -0.15) is 0 Å². The quantitative estimate of drug-likeness (QED) is 0.946. The molecule has 0 aliphatic carbocycles. The van der Waals surface area contributed by atoms with Crippen molar-refractivity contribution in [1.82, 2.24) is 10.3 Å². The van der Waals surface area contributed by atoms with E-state index in [0.29, 0.717) is 12.1 Å². The predicted molar refractivity (Wildman–Crippen MR) is 67.4 cm³/mol. The van der Waals surface area contributed by atoms with E-state index < -0.39 is 0 Å². The zero-order valence-corrected chi connectivity index (χ0v) is 10.7. The number of rotatable bonds is 3. The number of aromatic nitrogens is 1. The first-order valence-electron chi connectivity index (χ1n) is 4.67. The van der Waals surface area contributed by atoms with E-state index in [-0.39, 0.29) is 5.91 Å². The second-order valence-corrected chi connectivity index (χ2v) is 5.47. The molecule has 82 valence electrons. The standard InChI is InChI=1S/C11H9BrN2OS/c12-10-5-8(7-16-10)6-14-11(15)9-1-3-13-4-2-9/h1-5,7H,6H2,(H,14,15). The van der Waals surface area contributed by atoms with E-state index in [2.05, 4.69) is 26.2 Å². The van der Waals surface area contributed by atoms with Gasteiger partial charge in [-0.3, -0.25) is 9.78 Å². The zero-order valence-electron chi connectivity index (χ0n) is 8.31. The van der Waals surface area contributed by atoms with Gasteiger partial charge in [-0.05, 0) is 45.1 Å². The minimum absolute atomic E-state index is 0.0790. The fourth-order valence-electron chi connectivity index (χ4n) is 1.23. The Hall–Kier alpha value is -1.20. The third kappa shape index (κ3) is 2.90. The van der Waals surface area contributed by atoms with Crippen LogP contribution < -0.4 is 5.32 Å². The van der Waals surface area contributed by atoms with Crippen molar-refractivity contribution in [3.05, 3.63) is 50.9 Å². The van der Waals surface area contributed by atoms with E-state index in [1.165, 1.54) is 0 Å². The van der Waals surface area contributed by atoms with Gasteiger partial charge < -0.3 is 5.32 Å². The maximum Gasteiger partial charge on any atom is 0.251 e. The number of hydrogen-bond acceptors (Lipinski definition) is 3. The van der Waals surface area contributed by atoms with Gasteiger partial charge in [-0.15, -0.1) is 11.3 Å². The Bertz CT molecular complexity index is 484. The summed E-state index contributed by atoms with van der Waals surface area (Å²) < 4.78 is 1.07. The van der Waals surface area contributed by atoms with Crippen molar-refractivity contribution < 1.29 is 4.79 Å². The molecule has 0 aliphatic rings. The summed E-state index contributed by atoms with van der Waals surface area (Å²) in [5, 5.41) is 4.86. The molecule has 0 saturated carbocycles. The molecule has 0 bridgehead atoms. The Morgan fingerprint density at radius 1 is 1.44 bits per heavy atom. The average molecular weight is 297 g/mol. The van der Waals surface area contributed by atoms with Crippen molar-refractivity contribution >= 4 is 33.2 Å². The smallest absolute Gasteiger partial charge is 0.251 e. The Balaban J connectivity index is 1.94. The molecule has 0 aliphatic heterocycles. The van der Waals surface area contributed by atoms with E-state index >= 15 is 0 Å². The molecule has 5 heteroatoms. The van der Waals surface area contributed by atoms with E-state index in [0.717, 1.165) is 9.35 Å². The van der Waals surface area contributed by atoms with Gasteiger partial charge in [-0.1, -0.05) is 0 Å². The number of amides is 1. The molecule has 0 fully saturated rings. The molecule has 0 unspecified atom stereocenters. The van der Waals surface area contributed by atoms with Gasteiger partial charge in [-0.25, -0.2) is 0 Å². The summed E-state index contributed by atoms with van der Waals surface area (Å²) in [4.78, 5) is 15.5. The van der Waals surface area contributed by atoms with Crippen molar-refractivity contribution in [1.29, 1.82) is 0 Å². The lowest BCUT2D eigenvalue weighted by Crippen LogP contribution is -2.22. The van der Waals surface area contributed by atoms with E-state index in [1.807, 2.05) is 11.4 Å². The lowest BCUT2D eigenvalue weighted by atomic mass is 10.2. The molecule has 16 heavy (non-hydrogen) atoms. The first-order valence-corrected chi connectivity index (χ1v) is 6.34. The number of carbonyl (C=O) groups is 1. The minimum atomic E-state index is -0.0790.